The summed E-state index contributed by atoms with van der Waals surface area (Å²) in [4.78, 5) is 23.7. The molecule has 1 unspecified atom stereocenters. The number of aromatic nitrogens is 4. The van der Waals surface area contributed by atoms with Gasteiger partial charge in [-0.15, -0.1) is 0 Å². The van der Waals surface area contributed by atoms with Crippen LogP contribution in [-0.2, 0) is 20.7 Å². The predicted octanol–water partition coefficient (Wildman–Crippen LogP) is 5.21. The highest BCUT2D eigenvalue weighted by Crippen LogP contribution is 2.33. The van der Waals surface area contributed by atoms with Crippen molar-refractivity contribution in [1.29, 1.82) is 0 Å². The van der Waals surface area contributed by atoms with Crippen molar-refractivity contribution in [2.24, 2.45) is 0 Å². The second-order valence-corrected chi connectivity index (χ2v) is 9.98. The van der Waals surface area contributed by atoms with E-state index in [2.05, 4.69) is 17.0 Å². The van der Waals surface area contributed by atoms with Gasteiger partial charge in [0.05, 0.1) is 36.2 Å². The van der Waals surface area contributed by atoms with Gasteiger partial charge in [0, 0.05) is 37.4 Å². The minimum absolute atomic E-state index is 0.0537. The Morgan fingerprint density at radius 2 is 2.00 bits per heavy atom. The topological polar surface area (TPSA) is 94.4 Å². The minimum atomic E-state index is -0.289. The number of carbonyl (C=O) groups is 1. The van der Waals surface area contributed by atoms with E-state index in [0.29, 0.717) is 61.6 Å². The van der Waals surface area contributed by atoms with Gasteiger partial charge in [-0.25, -0.2) is 14.1 Å². The van der Waals surface area contributed by atoms with Gasteiger partial charge in [0.25, 0.3) is 0 Å². The van der Waals surface area contributed by atoms with E-state index < -0.39 is 0 Å². The van der Waals surface area contributed by atoms with E-state index in [1.807, 2.05) is 33.8 Å². The van der Waals surface area contributed by atoms with E-state index in [1.54, 1.807) is 18.3 Å². The molecule has 2 fully saturated rings. The van der Waals surface area contributed by atoms with Crippen LogP contribution in [-0.4, -0.2) is 58.4 Å². The van der Waals surface area contributed by atoms with Crippen LogP contribution >= 0.6 is 0 Å². The number of hydrogen-bond donors (Lipinski definition) is 1. The fourth-order valence-electron chi connectivity index (χ4n) is 5.20. The molecule has 0 aliphatic carbocycles. The largest absolute Gasteiger partial charge is 0.378 e. The molecule has 2 aliphatic rings. The van der Waals surface area contributed by atoms with E-state index in [1.165, 1.54) is 12.1 Å². The van der Waals surface area contributed by atoms with Gasteiger partial charge < -0.3 is 19.7 Å². The highest BCUT2D eigenvalue weighted by atomic mass is 19.1. The molecule has 6 rings (SSSR count). The Balaban J connectivity index is 1.41. The summed E-state index contributed by atoms with van der Waals surface area (Å²) in [6, 6.07) is 12.6. The number of allylic oxidation sites excluding steroid dienone is 1. The second kappa shape index (κ2) is 11.5. The number of halogens is 1. The average Bonchev–Trinajstić information content (AvgIpc) is 3.43. The number of morpholine rings is 1. The first-order valence-electron chi connectivity index (χ1n) is 13.6. The number of carbonyl (C=O) groups excluding carboxylic acids is 1. The first kappa shape index (κ1) is 26.1. The number of ether oxygens (including phenoxy) is 2. The lowest BCUT2D eigenvalue weighted by atomic mass is 10.0. The van der Waals surface area contributed by atoms with Gasteiger partial charge in [0.2, 0.25) is 5.95 Å². The Labute approximate surface area is 231 Å². The van der Waals surface area contributed by atoms with Crippen molar-refractivity contribution in [2.45, 2.75) is 31.9 Å². The number of hydrogen-bond acceptors (Lipinski definition) is 8. The number of nitrogens with one attached hydrogen (secondary N) is 1. The van der Waals surface area contributed by atoms with Crippen LogP contribution in [0.4, 0.5) is 21.7 Å². The maximum atomic E-state index is 14.8. The normalized spacial score (nSPS) is 17.6. The monoisotopic (exact) mass is 542 g/mol. The molecular formula is C30H31FN6O3. The van der Waals surface area contributed by atoms with Crippen molar-refractivity contribution in [1.82, 2.24) is 19.7 Å². The van der Waals surface area contributed by atoms with Crippen LogP contribution in [0.15, 0.2) is 61.3 Å². The molecule has 9 nitrogen and oxygen atoms in total. The third-order valence-corrected chi connectivity index (χ3v) is 7.24. The van der Waals surface area contributed by atoms with E-state index in [-0.39, 0.29) is 24.2 Å². The van der Waals surface area contributed by atoms with Crippen LogP contribution in [0.25, 0.3) is 22.3 Å². The summed E-state index contributed by atoms with van der Waals surface area (Å²) in [6.07, 6.45) is 6.06. The molecule has 0 radical (unpaired) electrons. The first-order valence-corrected chi connectivity index (χ1v) is 13.6. The van der Waals surface area contributed by atoms with Crippen LogP contribution in [0.3, 0.4) is 0 Å². The smallest absolute Gasteiger partial charge is 0.229 e. The second-order valence-electron chi connectivity index (χ2n) is 9.98. The van der Waals surface area contributed by atoms with Gasteiger partial charge in [0.15, 0.2) is 17.7 Å². The average molecular weight is 543 g/mol. The third-order valence-electron chi connectivity index (χ3n) is 7.24. The highest BCUT2D eigenvalue weighted by molar-refractivity contribution is 5.93. The van der Waals surface area contributed by atoms with Crippen LogP contribution in [0.5, 0.6) is 0 Å². The van der Waals surface area contributed by atoms with Gasteiger partial charge >= 0.3 is 0 Å². The molecule has 4 aromatic rings. The predicted molar refractivity (Wildman–Crippen MR) is 151 cm³/mol. The molecule has 40 heavy (non-hydrogen) atoms. The zero-order chi connectivity index (χ0) is 27.5. The molecule has 2 aliphatic heterocycles. The molecule has 0 amide bonds. The number of nitrogens with zero attached hydrogens (tertiary/aromatic N) is 5. The van der Waals surface area contributed by atoms with Gasteiger partial charge in [0.1, 0.15) is 5.82 Å². The molecule has 0 bridgehead atoms. The van der Waals surface area contributed by atoms with Crippen molar-refractivity contribution in [3.63, 3.8) is 0 Å². The van der Waals surface area contributed by atoms with Gasteiger partial charge in [-0.3, -0.25) is 4.79 Å². The number of benzene rings is 2. The molecule has 2 saturated heterocycles. The SMILES string of the molecule is C=CC(=O)Cc1cccc(-c2nc(Nc3ccc(F)c(N4CCOCC4)c3)nc3c2cnn3C2CCCCO2)c1. The van der Waals surface area contributed by atoms with Crippen LogP contribution in [0.1, 0.15) is 31.1 Å². The van der Waals surface area contributed by atoms with Crippen molar-refractivity contribution < 1.29 is 18.7 Å². The molecule has 2 aromatic heterocycles. The molecule has 0 spiro atoms. The standard InChI is InChI=1S/C30H31FN6O3/c1-2-23(38)17-20-6-5-7-21(16-20)28-24-19-32-37(27-8-3-4-13-40-27)29(24)35-30(34-28)33-22-9-10-25(31)26(18-22)36-11-14-39-15-12-36/h2,5-7,9-10,16,18-19,27H,1,3-4,8,11-15,17H2,(H,33,34,35). The molecule has 2 aromatic carbocycles. The summed E-state index contributed by atoms with van der Waals surface area (Å²) >= 11 is 0. The fourth-order valence-corrected chi connectivity index (χ4v) is 5.20. The lowest BCUT2D eigenvalue weighted by Crippen LogP contribution is -2.36. The maximum Gasteiger partial charge on any atom is 0.229 e. The summed E-state index contributed by atoms with van der Waals surface area (Å²) in [7, 11) is 0. The summed E-state index contributed by atoms with van der Waals surface area (Å²) in [6.45, 7) is 6.63. The van der Waals surface area contributed by atoms with Crippen molar-refractivity contribution in [3.05, 3.63) is 72.7 Å². The van der Waals surface area contributed by atoms with Crippen LogP contribution < -0.4 is 10.2 Å². The Hall–Kier alpha value is -4.15. The Kier molecular flexibility index (Phi) is 7.52. The molecule has 1 N–H and O–H groups in total. The lowest BCUT2D eigenvalue weighted by Gasteiger charge is -2.29. The molecule has 0 saturated carbocycles. The van der Waals surface area contributed by atoms with Crippen molar-refractivity contribution in [3.8, 4) is 11.3 Å². The maximum absolute atomic E-state index is 14.8. The Morgan fingerprint density at radius 1 is 1.12 bits per heavy atom. The number of fused-ring (bicyclic) bond motifs is 1. The van der Waals surface area contributed by atoms with Gasteiger partial charge in [-0.1, -0.05) is 24.8 Å². The van der Waals surface area contributed by atoms with Gasteiger partial charge in [-0.05, 0) is 55.2 Å². The number of ketones is 1. The van der Waals surface area contributed by atoms with Crippen molar-refractivity contribution in [2.75, 3.05) is 43.1 Å². The minimum Gasteiger partial charge on any atom is -0.378 e. The molecule has 10 heteroatoms. The zero-order valence-corrected chi connectivity index (χ0v) is 22.2. The highest BCUT2D eigenvalue weighted by Gasteiger charge is 2.23. The summed E-state index contributed by atoms with van der Waals surface area (Å²) in [5.74, 6) is 0.0112. The third kappa shape index (κ3) is 5.45. The van der Waals surface area contributed by atoms with E-state index in [0.717, 1.165) is 35.8 Å². The van der Waals surface area contributed by atoms with Crippen LogP contribution in [0, 0.1) is 5.82 Å². The quantitative estimate of drug-likeness (QED) is 0.303. The summed E-state index contributed by atoms with van der Waals surface area (Å²) in [5, 5.41) is 8.72. The first-order chi connectivity index (χ1) is 19.6. The van der Waals surface area contributed by atoms with E-state index in [9.17, 15) is 9.18 Å². The van der Waals surface area contributed by atoms with E-state index in [4.69, 9.17) is 19.4 Å². The number of rotatable bonds is 8. The molecule has 4 heterocycles. The number of anilines is 3. The molecule has 206 valence electrons. The van der Waals surface area contributed by atoms with Crippen molar-refractivity contribution >= 4 is 34.1 Å². The van der Waals surface area contributed by atoms with E-state index >= 15 is 0 Å². The van der Waals surface area contributed by atoms with Crippen LogP contribution in [0.2, 0.25) is 0 Å². The zero-order valence-electron chi connectivity index (χ0n) is 22.2. The Bertz CT molecular complexity index is 1540. The fraction of sp³-hybridized carbons (Fsp3) is 0.333. The van der Waals surface area contributed by atoms with Gasteiger partial charge in [-0.2, -0.15) is 10.1 Å². The molecule has 1 atom stereocenters. The Morgan fingerprint density at radius 3 is 2.80 bits per heavy atom. The summed E-state index contributed by atoms with van der Waals surface area (Å²) in [5.41, 5.74) is 4.19. The summed E-state index contributed by atoms with van der Waals surface area (Å²) < 4.78 is 28.0. The molecular weight excluding hydrogens is 511 g/mol. The lowest BCUT2D eigenvalue weighted by molar-refractivity contribution is -0.114.